The highest BCUT2D eigenvalue weighted by Gasteiger charge is 2.48. The highest BCUT2D eigenvalue weighted by Crippen LogP contribution is 2.49. The molecule has 1 spiro atoms. The zero-order valence-corrected chi connectivity index (χ0v) is 8.63. The summed E-state index contributed by atoms with van der Waals surface area (Å²) in [5.41, 5.74) is -0.328. The Bertz CT molecular complexity index is 247. The number of carbonyl (C=O) groups excluding carboxylic acids is 1. The quantitative estimate of drug-likeness (QED) is 0.591. The van der Waals surface area contributed by atoms with E-state index in [1.165, 1.54) is 19.3 Å². The van der Waals surface area contributed by atoms with E-state index in [0.717, 1.165) is 44.1 Å². The lowest BCUT2D eigenvalue weighted by Gasteiger charge is -2.35. The lowest BCUT2D eigenvalue weighted by molar-refractivity contribution is -0.150. The number of ketones is 1. The fourth-order valence-electron chi connectivity index (χ4n) is 3.11. The summed E-state index contributed by atoms with van der Waals surface area (Å²) >= 11 is 0. The average molecular weight is 194 g/mol. The van der Waals surface area contributed by atoms with Gasteiger partial charge in [-0.1, -0.05) is 0 Å². The third-order valence-electron chi connectivity index (χ3n) is 4.30. The van der Waals surface area contributed by atoms with Crippen LogP contribution in [0, 0.1) is 11.8 Å². The fraction of sp³-hybridized carbons (Fsp3) is 0.917. The first-order valence-electron chi connectivity index (χ1n) is 5.97. The molecule has 3 aliphatic rings. The molecule has 0 aromatic heterocycles. The Balaban J connectivity index is 1.76. The van der Waals surface area contributed by atoms with E-state index in [2.05, 4.69) is 0 Å². The highest BCUT2D eigenvalue weighted by atomic mass is 16.5. The lowest BCUT2D eigenvalue weighted by Crippen LogP contribution is -2.43. The van der Waals surface area contributed by atoms with Gasteiger partial charge < -0.3 is 4.74 Å². The van der Waals surface area contributed by atoms with E-state index < -0.39 is 0 Å². The first-order chi connectivity index (χ1) is 6.80. The van der Waals surface area contributed by atoms with Crippen molar-refractivity contribution in [3.05, 3.63) is 0 Å². The minimum atomic E-state index is -0.328. The Labute approximate surface area is 85.0 Å². The number of carbonyl (C=O) groups is 1. The van der Waals surface area contributed by atoms with Crippen molar-refractivity contribution in [1.29, 1.82) is 0 Å². The third kappa shape index (κ3) is 1.31. The molecule has 3 rings (SSSR count). The van der Waals surface area contributed by atoms with Gasteiger partial charge >= 0.3 is 0 Å². The van der Waals surface area contributed by atoms with E-state index in [4.69, 9.17) is 4.74 Å². The van der Waals surface area contributed by atoms with Crippen molar-refractivity contribution >= 4 is 5.78 Å². The van der Waals surface area contributed by atoms with Crippen LogP contribution in [0.5, 0.6) is 0 Å². The number of rotatable bonds is 0. The molecule has 2 aliphatic carbocycles. The van der Waals surface area contributed by atoms with Gasteiger partial charge in [0.25, 0.3) is 0 Å². The summed E-state index contributed by atoms with van der Waals surface area (Å²) in [6.07, 6.45) is 7.60. The summed E-state index contributed by atoms with van der Waals surface area (Å²) in [6.45, 7) is 0.858. The first-order valence-corrected chi connectivity index (χ1v) is 5.97. The van der Waals surface area contributed by atoms with Gasteiger partial charge in [-0.2, -0.15) is 0 Å². The molecule has 0 aromatic carbocycles. The maximum atomic E-state index is 11.9. The molecule has 1 aliphatic heterocycles. The van der Waals surface area contributed by atoms with Crippen molar-refractivity contribution in [2.75, 3.05) is 6.61 Å². The second-order valence-electron chi connectivity index (χ2n) is 5.23. The Hall–Kier alpha value is -0.370. The van der Waals surface area contributed by atoms with Gasteiger partial charge in [0, 0.05) is 6.42 Å². The van der Waals surface area contributed by atoms with Crippen LogP contribution in [0.4, 0.5) is 0 Å². The van der Waals surface area contributed by atoms with Crippen LogP contribution < -0.4 is 0 Å². The predicted molar refractivity (Wildman–Crippen MR) is 53.0 cm³/mol. The fourth-order valence-corrected chi connectivity index (χ4v) is 3.11. The molecule has 2 saturated carbocycles. The zero-order chi connectivity index (χ0) is 9.60. The van der Waals surface area contributed by atoms with Crippen LogP contribution in [0.3, 0.4) is 0 Å². The molecule has 0 aromatic rings. The van der Waals surface area contributed by atoms with Crippen molar-refractivity contribution < 1.29 is 9.53 Å². The maximum Gasteiger partial charge on any atom is 0.164 e. The minimum absolute atomic E-state index is 0.328. The third-order valence-corrected chi connectivity index (χ3v) is 4.30. The van der Waals surface area contributed by atoms with Gasteiger partial charge in [0.1, 0.15) is 5.60 Å². The van der Waals surface area contributed by atoms with Gasteiger partial charge in [-0.15, -0.1) is 0 Å². The molecule has 14 heavy (non-hydrogen) atoms. The Morgan fingerprint density at radius 2 is 2.14 bits per heavy atom. The van der Waals surface area contributed by atoms with Crippen molar-refractivity contribution in [2.45, 2.75) is 50.5 Å². The van der Waals surface area contributed by atoms with Gasteiger partial charge in [-0.05, 0) is 50.4 Å². The van der Waals surface area contributed by atoms with Crippen molar-refractivity contribution in [3.8, 4) is 0 Å². The molecule has 78 valence electrons. The van der Waals surface area contributed by atoms with E-state index in [1.54, 1.807) is 0 Å². The molecule has 0 radical (unpaired) electrons. The summed E-state index contributed by atoms with van der Waals surface area (Å²) in [7, 11) is 0. The summed E-state index contributed by atoms with van der Waals surface area (Å²) in [4.78, 5) is 11.9. The number of hydrogen-bond donors (Lipinski definition) is 0. The standard InChI is InChI=1S/C12H18O2/c13-11-3-1-2-5-12(11)6-4-9-7-10(9)8-14-12/h9-10H,1-8H2/t9-,10+,12+/m1/s1. The number of fused-ring (bicyclic) bond motifs is 1. The average Bonchev–Trinajstić information content (AvgIpc) is 2.93. The molecule has 2 nitrogen and oxygen atoms in total. The van der Waals surface area contributed by atoms with E-state index >= 15 is 0 Å². The van der Waals surface area contributed by atoms with Crippen LogP contribution in [0.2, 0.25) is 0 Å². The Morgan fingerprint density at radius 1 is 1.21 bits per heavy atom. The lowest BCUT2D eigenvalue weighted by atomic mass is 9.80. The Morgan fingerprint density at radius 3 is 3.00 bits per heavy atom. The van der Waals surface area contributed by atoms with Crippen molar-refractivity contribution in [3.63, 3.8) is 0 Å². The first kappa shape index (κ1) is 8.90. The van der Waals surface area contributed by atoms with Crippen molar-refractivity contribution in [1.82, 2.24) is 0 Å². The van der Waals surface area contributed by atoms with Crippen LogP contribution in [0.1, 0.15) is 44.9 Å². The van der Waals surface area contributed by atoms with Gasteiger partial charge in [-0.3, -0.25) is 4.79 Å². The molecular formula is C12H18O2. The maximum absolute atomic E-state index is 11.9. The molecule has 0 N–H and O–H groups in total. The summed E-state index contributed by atoms with van der Waals surface area (Å²) in [5.74, 6) is 2.08. The number of hydrogen-bond acceptors (Lipinski definition) is 2. The van der Waals surface area contributed by atoms with Crippen LogP contribution >= 0.6 is 0 Å². The van der Waals surface area contributed by atoms with Crippen molar-refractivity contribution in [2.24, 2.45) is 11.8 Å². The topological polar surface area (TPSA) is 26.3 Å². The molecule has 3 fully saturated rings. The summed E-state index contributed by atoms with van der Waals surface area (Å²) in [5, 5.41) is 0. The molecule has 0 amide bonds. The largest absolute Gasteiger partial charge is 0.367 e. The number of ether oxygens (including phenoxy) is 1. The minimum Gasteiger partial charge on any atom is -0.367 e. The zero-order valence-electron chi connectivity index (χ0n) is 8.63. The number of Topliss-reactive ketones (excluding diaryl/α,β-unsaturated/α-hetero) is 1. The molecule has 1 heterocycles. The SMILES string of the molecule is O=C1CCCC[C@]12CC[C@@H]1C[C@H]1CO2. The molecule has 2 heteroatoms. The second kappa shape index (κ2) is 3.06. The molecule has 0 unspecified atom stereocenters. The van der Waals surface area contributed by atoms with Crippen LogP contribution in [-0.2, 0) is 9.53 Å². The van der Waals surface area contributed by atoms with Gasteiger partial charge in [0.2, 0.25) is 0 Å². The van der Waals surface area contributed by atoms with E-state index in [1.807, 2.05) is 0 Å². The molecular weight excluding hydrogens is 176 g/mol. The van der Waals surface area contributed by atoms with Gasteiger partial charge in [0.15, 0.2) is 5.78 Å². The smallest absolute Gasteiger partial charge is 0.164 e. The highest BCUT2D eigenvalue weighted by molar-refractivity contribution is 5.88. The van der Waals surface area contributed by atoms with Gasteiger partial charge in [0.05, 0.1) is 6.61 Å². The van der Waals surface area contributed by atoms with Gasteiger partial charge in [-0.25, -0.2) is 0 Å². The van der Waals surface area contributed by atoms with E-state index in [0.29, 0.717) is 5.78 Å². The second-order valence-corrected chi connectivity index (χ2v) is 5.23. The normalized spacial score (nSPS) is 47.3. The molecule has 0 bridgehead atoms. The summed E-state index contributed by atoms with van der Waals surface area (Å²) in [6, 6.07) is 0. The van der Waals surface area contributed by atoms with Crippen LogP contribution in [0.15, 0.2) is 0 Å². The van der Waals surface area contributed by atoms with Crippen LogP contribution in [-0.4, -0.2) is 18.0 Å². The Kier molecular flexibility index (Phi) is 1.94. The van der Waals surface area contributed by atoms with Crippen LogP contribution in [0.25, 0.3) is 0 Å². The predicted octanol–water partition coefficient (Wildman–Crippen LogP) is 2.31. The summed E-state index contributed by atoms with van der Waals surface area (Å²) < 4.78 is 5.95. The molecule has 3 atom stereocenters. The van der Waals surface area contributed by atoms with E-state index in [9.17, 15) is 4.79 Å². The molecule has 1 saturated heterocycles. The van der Waals surface area contributed by atoms with E-state index in [-0.39, 0.29) is 5.60 Å². The monoisotopic (exact) mass is 194 g/mol.